The number of aliphatic hydroxyl groups is 1. The molecule has 0 saturated carbocycles. The van der Waals surface area contributed by atoms with Crippen LogP contribution < -0.4 is 10.6 Å². The Balaban J connectivity index is 2.13. The molecule has 1 aromatic heterocycles. The maximum Gasteiger partial charge on any atom is 0.326 e. The van der Waals surface area contributed by atoms with E-state index in [4.69, 9.17) is 10.2 Å². The Morgan fingerprint density at radius 2 is 2.10 bits per heavy atom. The first-order valence-corrected chi connectivity index (χ1v) is 6.35. The average molecular weight is 289 g/mol. The molecule has 2 aromatic rings. The van der Waals surface area contributed by atoms with E-state index in [1.54, 1.807) is 30.6 Å². The Hall–Kier alpha value is -2.67. The second-order valence-corrected chi connectivity index (χ2v) is 4.40. The van der Waals surface area contributed by atoms with Gasteiger partial charge in [0.15, 0.2) is 0 Å². The molecule has 0 spiro atoms. The number of carboxylic acid groups (broad SMARTS) is 1. The van der Waals surface area contributed by atoms with Crippen molar-refractivity contribution >= 4 is 28.5 Å². The number of anilines is 1. The van der Waals surface area contributed by atoms with E-state index < -0.39 is 18.0 Å². The third kappa shape index (κ3) is 3.67. The normalized spacial score (nSPS) is 11.9. The Kier molecular flexibility index (Phi) is 4.68. The molecular formula is C14H15N3O4. The minimum Gasteiger partial charge on any atom is -0.480 e. The number of amides is 2. The summed E-state index contributed by atoms with van der Waals surface area (Å²) < 4.78 is 0. The van der Waals surface area contributed by atoms with Crippen LogP contribution in [0.25, 0.3) is 10.8 Å². The van der Waals surface area contributed by atoms with E-state index in [0.717, 1.165) is 10.8 Å². The first-order valence-electron chi connectivity index (χ1n) is 6.35. The van der Waals surface area contributed by atoms with Crippen molar-refractivity contribution in [2.75, 3.05) is 11.9 Å². The number of benzene rings is 1. The van der Waals surface area contributed by atoms with Crippen LogP contribution in [0.4, 0.5) is 10.5 Å². The SMILES string of the molecule is O=C(Nc1cccc2cnccc12)N[C@@H](CCO)C(=O)O. The highest BCUT2D eigenvalue weighted by Gasteiger charge is 2.19. The number of aliphatic hydroxyl groups excluding tert-OH is 1. The zero-order valence-electron chi connectivity index (χ0n) is 11.1. The van der Waals surface area contributed by atoms with E-state index in [1.165, 1.54) is 0 Å². The largest absolute Gasteiger partial charge is 0.480 e. The van der Waals surface area contributed by atoms with Crippen LogP contribution in [0.15, 0.2) is 36.7 Å². The number of carbonyl (C=O) groups is 2. The molecule has 2 amide bonds. The predicted molar refractivity (Wildman–Crippen MR) is 77.0 cm³/mol. The maximum atomic E-state index is 11.9. The molecule has 7 heteroatoms. The second kappa shape index (κ2) is 6.67. The lowest BCUT2D eigenvalue weighted by Crippen LogP contribution is -2.43. The number of rotatable bonds is 5. The molecule has 1 heterocycles. The van der Waals surface area contributed by atoms with Crippen LogP contribution in [0.5, 0.6) is 0 Å². The van der Waals surface area contributed by atoms with Gasteiger partial charge in [-0.2, -0.15) is 0 Å². The third-order valence-corrected chi connectivity index (χ3v) is 2.95. The highest BCUT2D eigenvalue weighted by atomic mass is 16.4. The number of fused-ring (bicyclic) bond motifs is 1. The summed E-state index contributed by atoms with van der Waals surface area (Å²) in [5.41, 5.74) is 0.556. The van der Waals surface area contributed by atoms with Crippen LogP contribution in [-0.4, -0.2) is 39.8 Å². The standard InChI is InChI=1S/C14H15N3O4/c18-7-5-12(13(19)20)17-14(21)16-11-3-1-2-9-8-15-6-4-10(9)11/h1-4,6,8,12,18H,5,7H2,(H,19,20)(H2,16,17,21)/t12-/m0/s1. The Bertz CT molecular complexity index is 654. The number of nitrogens with zero attached hydrogens (tertiary/aromatic N) is 1. The van der Waals surface area contributed by atoms with Gasteiger partial charge in [0.25, 0.3) is 0 Å². The lowest BCUT2D eigenvalue weighted by molar-refractivity contribution is -0.139. The average Bonchev–Trinajstić information content (AvgIpc) is 2.47. The van der Waals surface area contributed by atoms with Crippen molar-refractivity contribution in [3.8, 4) is 0 Å². The van der Waals surface area contributed by atoms with Crippen LogP contribution in [0.2, 0.25) is 0 Å². The fourth-order valence-corrected chi connectivity index (χ4v) is 1.93. The van der Waals surface area contributed by atoms with Crippen molar-refractivity contribution in [2.24, 2.45) is 0 Å². The quantitative estimate of drug-likeness (QED) is 0.660. The lowest BCUT2D eigenvalue weighted by atomic mass is 10.1. The van der Waals surface area contributed by atoms with Crippen LogP contribution in [0, 0.1) is 0 Å². The molecule has 7 nitrogen and oxygen atoms in total. The first-order chi connectivity index (χ1) is 10.1. The number of aliphatic carboxylic acids is 1. The van der Waals surface area contributed by atoms with Crippen LogP contribution in [0.3, 0.4) is 0 Å². The molecule has 110 valence electrons. The molecule has 21 heavy (non-hydrogen) atoms. The van der Waals surface area contributed by atoms with Crippen molar-refractivity contribution in [1.29, 1.82) is 0 Å². The molecule has 0 saturated heterocycles. The van der Waals surface area contributed by atoms with Crippen molar-refractivity contribution < 1.29 is 19.8 Å². The second-order valence-electron chi connectivity index (χ2n) is 4.40. The van der Waals surface area contributed by atoms with E-state index in [2.05, 4.69) is 15.6 Å². The summed E-state index contributed by atoms with van der Waals surface area (Å²) in [6.07, 6.45) is 3.23. The summed E-state index contributed by atoms with van der Waals surface area (Å²) in [4.78, 5) is 26.8. The monoisotopic (exact) mass is 289 g/mol. The fraction of sp³-hybridized carbons (Fsp3) is 0.214. The van der Waals surface area contributed by atoms with Crippen LogP contribution in [-0.2, 0) is 4.79 Å². The van der Waals surface area contributed by atoms with Gasteiger partial charge in [-0.3, -0.25) is 4.98 Å². The van der Waals surface area contributed by atoms with Crippen molar-refractivity contribution in [2.45, 2.75) is 12.5 Å². The van der Waals surface area contributed by atoms with Gasteiger partial charge in [-0.15, -0.1) is 0 Å². The summed E-state index contributed by atoms with van der Waals surface area (Å²) in [5, 5.41) is 24.3. The molecule has 1 aromatic carbocycles. The number of carbonyl (C=O) groups excluding carboxylic acids is 1. The van der Waals surface area contributed by atoms with Gasteiger partial charge in [0.05, 0.1) is 5.69 Å². The maximum absolute atomic E-state index is 11.9. The van der Waals surface area contributed by atoms with E-state index in [-0.39, 0.29) is 13.0 Å². The molecule has 0 fully saturated rings. The van der Waals surface area contributed by atoms with E-state index >= 15 is 0 Å². The number of pyridine rings is 1. The van der Waals surface area contributed by atoms with Crippen molar-refractivity contribution in [1.82, 2.24) is 10.3 Å². The summed E-state index contributed by atoms with van der Waals surface area (Å²) >= 11 is 0. The Morgan fingerprint density at radius 1 is 1.29 bits per heavy atom. The molecule has 0 unspecified atom stereocenters. The zero-order valence-corrected chi connectivity index (χ0v) is 11.1. The molecule has 0 aliphatic heterocycles. The molecule has 2 rings (SSSR count). The van der Waals surface area contributed by atoms with E-state index in [1.807, 2.05) is 6.07 Å². The van der Waals surface area contributed by atoms with Gasteiger partial charge in [-0.25, -0.2) is 9.59 Å². The summed E-state index contributed by atoms with van der Waals surface area (Å²) in [6, 6.07) is 5.32. The minimum absolute atomic E-state index is 0.0534. The van der Waals surface area contributed by atoms with Gasteiger partial charge in [-0.05, 0) is 12.1 Å². The third-order valence-electron chi connectivity index (χ3n) is 2.95. The predicted octanol–water partition coefficient (Wildman–Crippen LogP) is 1.19. The van der Waals surface area contributed by atoms with Crippen LogP contribution in [0.1, 0.15) is 6.42 Å². The molecule has 4 N–H and O–H groups in total. The van der Waals surface area contributed by atoms with Gasteiger partial charge in [-0.1, -0.05) is 12.1 Å². The molecule has 0 aliphatic carbocycles. The minimum atomic E-state index is -1.19. The molecule has 0 radical (unpaired) electrons. The van der Waals surface area contributed by atoms with Gasteiger partial charge in [0, 0.05) is 36.2 Å². The summed E-state index contributed by atoms with van der Waals surface area (Å²) in [7, 11) is 0. The number of nitrogens with one attached hydrogen (secondary N) is 2. The van der Waals surface area contributed by atoms with Crippen molar-refractivity contribution in [3.05, 3.63) is 36.7 Å². The summed E-state index contributed by atoms with van der Waals surface area (Å²) in [5.74, 6) is -1.19. The number of hydrogen-bond acceptors (Lipinski definition) is 4. The number of hydrogen-bond donors (Lipinski definition) is 4. The van der Waals surface area contributed by atoms with Crippen LogP contribution >= 0.6 is 0 Å². The van der Waals surface area contributed by atoms with E-state index in [0.29, 0.717) is 5.69 Å². The topological polar surface area (TPSA) is 112 Å². The smallest absolute Gasteiger partial charge is 0.326 e. The molecular weight excluding hydrogens is 274 g/mol. The van der Waals surface area contributed by atoms with E-state index in [9.17, 15) is 9.59 Å². The van der Waals surface area contributed by atoms with Crippen molar-refractivity contribution in [3.63, 3.8) is 0 Å². The Morgan fingerprint density at radius 3 is 2.81 bits per heavy atom. The number of aromatic nitrogens is 1. The van der Waals surface area contributed by atoms with Gasteiger partial charge in [0.2, 0.25) is 0 Å². The molecule has 0 aliphatic rings. The summed E-state index contributed by atoms with van der Waals surface area (Å²) in [6.45, 7) is -0.322. The number of urea groups is 1. The molecule has 1 atom stereocenters. The highest BCUT2D eigenvalue weighted by Crippen LogP contribution is 2.21. The number of carboxylic acids is 1. The van der Waals surface area contributed by atoms with Gasteiger partial charge < -0.3 is 20.8 Å². The first kappa shape index (κ1) is 14.7. The van der Waals surface area contributed by atoms with Gasteiger partial charge >= 0.3 is 12.0 Å². The Labute approximate surface area is 120 Å². The lowest BCUT2D eigenvalue weighted by Gasteiger charge is -2.14. The highest BCUT2D eigenvalue weighted by molar-refractivity contribution is 6.01. The molecule has 0 bridgehead atoms. The fourth-order valence-electron chi connectivity index (χ4n) is 1.93. The zero-order chi connectivity index (χ0) is 15.2. The van der Waals surface area contributed by atoms with Gasteiger partial charge in [0.1, 0.15) is 6.04 Å².